The van der Waals surface area contributed by atoms with E-state index in [1.165, 1.54) is 12.1 Å². The molecule has 1 atom stereocenters. The Kier molecular flexibility index (Phi) is 7.02. The summed E-state index contributed by atoms with van der Waals surface area (Å²) in [5, 5.41) is 2.92. The number of carbonyl (C=O) groups excluding carboxylic acids is 2. The standard InChI is InChI=1S/C25H27FN4O3/c1-33-22-9-2-17(3-10-22)12-23(29-24(31)11-8-21-13-27-16-28-21)25(32)30-14-19(15-30)18-4-6-20(26)7-5-18/h2-7,9-10,13,16,19,23H,8,11-12,14-15H2,1H3,(H,27,28)(H,29,31)/t23-/m1/s1. The van der Waals surface area contributed by atoms with E-state index in [9.17, 15) is 14.0 Å². The van der Waals surface area contributed by atoms with Crippen molar-refractivity contribution in [3.8, 4) is 5.75 Å². The number of methoxy groups -OCH3 is 1. The van der Waals surface area contributed by atoms with E-state index in [4.69, 9.17) is 4.74 Å². The van der Waals surface area contributed by atoms with Crippen LogP contribution in [-0.2, 0) is 22.4 Å². The van der Waals surface area contributed by atoms with Crippen LogP contribution in [0.2, 0.25) is 0 Å². The molecule has 1 saturated heterocycles. The van der Waals surface area contributed by atoms with Crippen molar-refractivity contribution in [2.75, 3.05) is 20.2 Å². The zero-order valence-corrected chi connectivity index (χ0v) is 18.5. The molecule has 0 aliphatic carbocycles. The lowest BCUT2D eigenvalue weighted by atomic mass is 9.90. The third-order valence-corrected chi connectivity index (χ3v) is 5.94. The molecular formula is C25H27FN4O3. The van der Waals surface area contributed by atoms with Crippen molar-refractivity contribution in [3.05, 3.63) is 83.7 Å². The zero-order valence-electron chi connectivity index (χ0n) is 18.5. The SMILES string of the molecule is COc1ccc(C[C@@H](NC(=O)CCc2cnc[nH]2)C(=O)N2CC(c3ccc(F)cc3)C2)cc1. The molecule has 172 valence electrons. The number of amides is 2. The number of aromatic amines is 1. The highest BCUT2D eigenvalue weighted by Gasteiger charge is 2.35. The third kappa shape index (κ3) is 5.77. The van der Waals surface area contributed by atoms with Gasteiger partial charge in [0.15, 0.2) is 0 Å². The number of hydrogen-bond acceptors (Lipinski definition) is 4. The van der Waals surface area contributed by atoms with Crippen molar-refractivity contribution < 1.29 is 18.7 Å². The summed E-state index contributed by atoms with van der Waals surface area (Å²) < 4.78 is 18.4. The normalized spacial score (nSPS) is 14.4. The van der Waals surface area contributed by atoms with Crippen molar-refractivity contribution >= 4 is 11.8 Å². The third-order valence-electron chi connectivity index (χ3n) is 5.94. The van der Waals surface area contributed by atoms with E-state index in [1.54, 1.807) is 36.7 Å². The van der Waals surface area contributed by atoms with Gasteiger partial charge in [-0.1, -0.05) is 24.3 Å². The van der Waals surface area contributed by atoms with E-state index in [1.807, 2.05) is 24.3 Å². The highest BCUT2D eigenvalue weighted by Crippen LogP contribution is 2.28. The molecule has 2 N–H and O–H groups in total. The van der Waals surface area contributed by atoms with Crippen LogP contribution in [0.25, 0.3) is 0 Å². The molecule has 4 rings (SSSR count). The van der Waals surface area contributed by atoms with Gasteiger partial charge in [0.1, 0.15) is 17.6 Å². The lowest BCUT2D eigenvalue weighted by Gasteiger charge is -2.41. The van der Waals surface area contributed by atoms with Crippen LogP contribution in [0.4, 0.5) is 4.39 Å². The maximum Gasteiger partial charge on any atom is 0.245 e. The van der Waals surface area contributed by atoms with Crippen LogP contribution < -0.4 is 10.1 Å². The lowest BCUT2D eigenvalue weighted by Crippen LogP contribution is -2.56. The molecule has 2 aromatic carbocycles. The molecule has 1 aliphatic heterocycles. The summed E-state index contributed by atoms with van der Waals surface area (Å²) in [4.78, 5) is 34.6. The molecule has 3 aromatic rings. The Hall–Kier alpha value is -3.68. The van der Waals surface area contributed by atoms with Crippen LogP contribution in [0.3, 0.4) is 0 Å². The Morgan fingerprint density at radius 2 is 1.91 bits per heavy atom. The number of imidazole rings is 1. The smallest absolute Gasteiger partial charge is 0.245 e. The fourth-order valence-electron chi connectivity index (χ4n) is 3.96. The molecule has 2 heterocycles. The number of benzene rings is 2. The lowest BCUT2D eigenvalue weighted by molar-refractivity contribution is -0.140. The first kappa shape index (κ1) is 22.5. The number of rotatable bonds is 9. The highest BCUT2D eigenvalue weighted by atomic mass is 19.1. The fourth-order valence-corrected chi connectivity index (χ4v) is 3.96. The monoisotopic (exact) mass is 450 g/mol. The maximum absolute atomic E-state index is 13.3. The zero-order chi connectivity index (χ0) is 23.2. The number of aryl methyl sites for hydroxylation is 1. The van der Waals surface area contributed by atoms with Crippen LogP contribution in [-0.4, -0.2) is 52.9 Å². The van der Waals surface area contributed by atoms with Crippen LogP contribution in [0.1, 0.15) is 29.2 Å². The van der Waals surface area contributed by atoms with Crippen LogP contribution in [0, 0.1) is 5.82 Å². The summed E-state index contributed by atoms with van der Waals surface area (Å²) in [7, 11) is 1.60. The van der Waals surface area contributed by atoms with E-state index in [2.05, 4.69) is 15.3 Å². The molecule has 8 heteroatoms. The average molecular weight is 451 g/mol. The van der Waals surface area contributed by atoms with E-state index >= 15 is 0 Å². The summed E-state index contributed by atoms with van der Waals surface area (Å²) in [6, 6.07) is 13.2. The number of nitrogens with zero attached hydrogens (tertiary/aromatic N) is 2. The predicted octanol–water partition coefficient (Wildman–Crippen LogP) is 2.84. The molecule has 1 aromatic heterocycles. The maximum atomic E-state index is 13.3. The number of carbonyl (C=O) groups is 2. The van der Waals surface area contributed by atoms with Gasteiger partial charge in [-0.3, -0.25) is 9.59 Å². The van der Waals surface area contributed by atoms with Crippen LogP contribution in [0.5, 0.6) is 5.75 Å². The van der Waals surface area contributed by atoms with Gasteiger partial charge >= 0.3 is 0 Å². The quantitative estimate of drug-likeness (QED) is 0.525. The van der Waals surface area contributed by atoms with Gasteiger partial charge in [-0.15, -0.1) is 0 Å². The summed E-state index contributed by atoms with van der Waals surface area (Å²) in [5.41, 5.74) is 2.81. The van der Waals surface area contributed by atoms with Gasteiger partial charge in [-0.2, -0.15) is 0 Å². The minimum absolute atomic E-state index is 0.112. The van der Waals surface area contributed by atoms with Gasteiger partial charge < -0.3 is 19.9 Å². The topological polar surface area (TPSA) is 87.3 Å². The van der Waals surface area contributed by atoms with Gasteiger partial charge in [-0.25, -0.2) is 9.37 Å². The molecule has 0 bridgehead atoms. The van der Waals surface area contributed by atoms with Crippen molar-refractivity contribution in [3.63, 3.8) is 0 Å². The second-order valence-corrected chi connectivity index (χ2v) is 8.24. The highest BCUT2D eigenvalue weighted by molar-refractivity contribution is 5.88. The van der Waals surface area contributed by atoms with Crippen molar-refractivity contribution in [1.82, 2.24) is 20.2 Å². The van der Waals surface area contributed by atoms with Crippen LogP contribution >= 0.6 is 0 Å². The minimum atomic E-state index is -0.665. The summed E-state index contributed by atoms with van der Waals surface area (Å²) in [6.45, 7) is 1.10. The van der Waals surface area contributed by atoms with E-state index < -0.39 is 6.04 Å². The second-order valence-electron chi connectivity index (χ2n) is 8.24. The van der Waals surface area contributed by atoms with Crippen LogP contribution in [0.15, 0.2) is 61.1 Å². The molecule has 1 aliphatic rings. The number of halogens is 1. The number of H-pyrrole nitrogens is 1. The minimum Gasteiger partial charge on any atom is -0.497 e. The largest absolute Gasteiger partial charge is 0.497 e. The first-order valence-electron chi connectivity index (χ1n) is 11.0. The Bertz CT molecular complexity index is 1060. The predicted molar refractivity (Wildman–Crippen MR) is 121 cm³/mol. The number of ether oxygens (including phenoxy) is 1. The summed E-state index contributed by atoms with van der Waals surface area (Å²) in [5.74, 6) is 0.330. The van der Waals surface area contributed by atoms with E-state index in [0.717, 1.165) is 22.6 Å². The van der Waals surface area contributed by atoms with E-state index in [0.29, 0.717) is 25.9 Å². The van der Waals surface area contributed by atoms with Gasteiger partial charge in [0.25, 0.3) is 0 Å². The Labute approximate surface area is 192 Å². The summed E-state index contributed by atoms with van der Waals surface area (Å²) >= 11 is 0. The molecule has 7 nitrogen and oxygen atoms in total. The Balaban J connectivity index is 1.40. The van der Waals surface area contributed by atoms with Crippen molar-refractivity contribution in [2.45, 2.75) is 31.2 Å². The molecule has 0 saturated carbocycles. The van der Waals surface area contributed by atoms with E-state index in [-0.39, 0.29) is 30.0 Å². The van der Waals surface area contributed by atoms with Gasteiger partial charge in [0.2, 0.25) is 11.8 Å². The van der Waals surface area contributed by atoms with Crippen molar-refractivity contribution in [1.29, 1.82) is 0 Å². The summed E-state index contributed by atoms with van der Waals surface area (Å²) in [6.07, 6.45) is 4.42. The molecule has 0 unspecified atom stereocenters. The molecule has 33 heavy (non-hydrogen) atoms. The number of likely N-dealkylation sites (tertiary alicyclic amines) is 1. The Morgan fingerprint density at radius 3 is 2.55 bits per heavy atom. The molecule has 2 amide bonds. The average Bonchev–Trinajstić information content (AvgIpc) is 3.32. The van der Waals surface area contributed by atoms with Gasteiger partial charge in [-0.05, 0) is 41.8 Å². The molecule has 1 fully saturated rings. The van der Waals surface area contributed by atoms with Gasteiger partial charge in [0, 0.05) is 43.7 Å². The second kappa shape index (κ2) is 10.3. The Morgan fingerprint density at radius 1 is 1.18 bits per heavy atom. The molecular weight excluding hydrogens is 423 g/mol. The van der Waals surface area contributed by atoms with Gasteiger partial charge in [0.05, 0.1) is 13.4 Å². The molecule has 0 spiro atoms. The fraction of sp³-hybridized carbons (Fsp3) is 0.320. The number of nitrogens with one attached hydrogen (secondary N) is 2. The van der Waals surface area contributed by atoms with Crippen molar-refractivity contribution in [2.24, 2.45) is 0 Å². The number of hydrogen-bond donors (Lipinski definition) is 2. The first-order chi connectivity index (χ1) is 16.0. The molecule has 0 radical (unpaired) electrons. The first-order valence-corrected chi connectivity index (χ1v) is 11.0. The number of aromatic nitrogens is 2.